The van der Waals surface area contributed by atoms with Crippen LogP contribution in [-0.4, -0.2) is 41.3 Å². The molecule has 5 rings (SSSR count). The number of fused-ring (bicyclic) bond motifs is 1. The minimum Gasteiger partial charge on any atom is -0.361 e. The molecule has 5 heteroatoms. The van der Waals surface area contributed by atoms with Gasteiger partial charge in [0.15, 0.2) is 0 Å². The second kappa shape index (κ2) is 9.33. The molecule has 3 aromatic carbocycles. The van der Waals surface area contributed by atoms with Gasteiger partial charge in [-0.1, -0.05) is 60.7 Å². The minimum atomic E-state index is -0.225. The van der Waals surface area contributed by atoms with Gasteiger partial charge in [0.1, 0.15) is 0 Å². The molecule has 1 aromatic heterocycles. The molecule has 0 atom stereocenters. The number of H-pyrrole nitrogens is 1. The molecule has 33 heavy (non-hydrogen) atoms. The lowest BCUT2D eigenvalue weighted by atomic mass is 9.89. The summed E-state index contributed by atoms with van der Waals surface area (Å²) in [6, 6.07) is 25.8. The minimum absolute atomic E-state index is 0.0248. The van der Waals surface area contributed by atoms with Gasteiger partial charge in [0, 0.05) is 35.8 Å². The highest BCUT2D eigenvalue weighted by atomic mass is 16.2. The normalized spacial score (nSPS) is 14.4. The molecular weight excluding hydrogens is 410 g/mol. The van der Waals surface area contributed by atoms with Crippen molar-refractivity contribution < 1.29 is 9.59 Å². The standard InChI is InChI=1S/C28H27N3O2/c32-27(19-30-28(33)23-12-10-21(11-13-23)20-6-2-1-3-7-20)31-16-14-22(15-17-31)25-18-29-26-9-5-4-8-24(25)26/h1-13,18,22,29H,14-17,19H2,(H,30,33). The van der Waals surface area contributed by atoms with Gasteiger partial charge in [0.2, 0.25) is 5.91 Å². The van der Waals surface area contributed by atoms with Crippen LogP contribution < -0.4 is 5.32 Å². The number of nitrogens with zero attached hydrogens (tertiary/aromatic N) is 1. The second-order valence-electron chi connectivity index (χ2n) is 8.57. The van der Waals surface area contributed by atoms with E-state index in [-0.39, 0.29) is 18.4 Å². The van der Waals surface area contributed by atoms with Crippen LogP contribution in [0.5, 0.6) is 0 Å². The van der Waals surface area contributed by atoms with Crippen LogP contribution in [-0.2, 0) is 4.79 Å². The number of aromatic nitrogens is 1. The smallest absolute Gasteiger partial charge is 0.251 e. The molecule has 5 nitrogen and oxygen atoms in total. The number of rotatable bonds is 5. The van der Waals surface area contributed by atoms with Crippen molar-refractivity contribution in [3.63, 3.8) is 0 Å². The molecule has 1 saturated heterocycles. The number of benzene rings is 3. The fourth-order valence-electron chi connectivity index (χ4n) is 4.69. The predicted octanol–water partition coefficient (Wildman–Crippen LogP) is 4.97. The number of carbonyl (C=O) groups excluding carboxylic acids is 2. The molecular formula is C28H27N3O2. The van der Waals surface area contributed by atoms with Gasteiger partial charge in [-0.2, -0.15) is 0 Å². The third-order valence-electron chi connectivity index (χ3n) is 6.56. The van der Waals surface area contributed by atoms with E-state index in [1.807, 2.05) is 53.4 Å². The Hall–Kier alpha value is -3.86. The van der Waals surface area contributed by atoms with Crippen LogP contribution in [0.3, 0.4) is 0 Å². The van der Waals surface area contributed by atoms with Crippen molar-refractivity contribution in [2.24, 2.45) is 0 Å². The summed E-state index contributed by atoms with van der Waals surface area (Å²) in [5.74, 6) is 0.196. The Morgan fingerprint density at radius 1 is 0.848 bits per heavy atom. The molecule has 2 heterocycles. The van der Waals surface area contributed by atoms with Crippen LogP contribution in [0, 0.1) is 0 Å². The van der Waals surface area contributed by atoms with E-state index in [2.05, 4.69) is 34.7 Å². The van der Waals surface area contributed by atoms with Gasteiger partial charge in [0.05, 0.1) is 6.54 Å². The molecule has 0 spiro atoms. The number of piperidine rings is 1. The zero-order valence-corrected chi connectivity index (χ0v) is 18.5. The molecule has 1 fully saturated rings. The van der Waals surface area contributed by atoms with Gasteiger partial charge in [0.25, 0.3) is 5.91 Å². The fourth-order valence-corrected chi connectivity index (χ4v) is 4.69. The molecule has 166 valence electrons. The highest BCUT2D eigenvalue weighted by Crippen LogP contribution is 2.33. The lowest BCUT2D eigenvalue weighted by molar-refractivity contribution is -0.131. The van der Waals surface area contributed by atoms with Gasteiger partial charge in [-0.05, 0) is 53.6 Å². The summed E-state index contributed by atoms with van der Waals surface area (Å²) < 4.78 is 0. The molecule has 0 bridgehead atoms. The third kappa shape index (κ3) is 4.53. The van der Waals surface area contributed by atoms with Crippen molar-refractivity contribution in [2.75, 3.05) is 19.6 Å². The summed E-state index contributed by atoms with van der Waals surface area (Å²) in [7, 11) is 0. The summed E-state index contributed by atoms with van der Waals surface area (Å²) in [4.78, 5) is 30.4. The van der Waals surface area contributed by atoms with Crippen molar-refractivity contribution >= 4 is 22.7 Å². The molecule has 4 aromatic rings. The first kappa shape index (κ1) is 21.0. The van der Waals surface area contributed by atoms with Crippen molar-refractivity contribution in [2.45, 2.75) is 18.8 Å². The maximum Gasteiger partial charge on any atom is 0.251 e. The average Bonchev–Trinajstić information content (AvgIpc) is 3.32. The number of hydrogen-bond acceptors (Lipinski definition) is 2. The zero-order valence-electron chi connectivity index (χ0n) is 18.5. The quantitative estimate of drug-likeness (QED) is 0.463. The van der Waals surface area contributed by atoms with Crippen molar-refractivity contribution in [1.29, 1.82) is 0 Å². The summed E-state index contributed by atoms with van der Waals surface area (Å²) in [6.07, 6.45) is 3.97. The first-order chi connectivity index (χ1) is 16.2. The number of likely N-dealkylation sites (tertiary alicyclic amines) is 1. The maximum absolute atomic E-state index is 12.7. The Labute approximate surface area is 193 Å². The first-order valence-corrected chi connectivity index (χ1v) is 11.5. The molecule has 2 amide bonds. The van der Waals surface area contributed by atoms with Gasteiger partial charge in [-0.15, -0.1) is 0 Å². The Morgan fingerprint density at radius 3 is 2.27 bits per heavy atom. The van der Waals surface area contributed by atoms with Crippen LogP contribution in [0.25, 0.3) is 22.0 Å². The average molecular weight is 438 g/mol. The molecule has 0 saturated carbocycles. The van der Waals surface area contributed by atoms with Crippen molar-refractivity contribution in [3.05, 3.63) is 96.2 Å². The predicted molar refractivity (Wildman–Crippen MR) is 131 cm³/mol. The Kier molecular flexibility index (Phi) is 5.94. The zero-order chi connectivity index (χ0) is 22.6. The Bertz CT molecular complexity index is 1250. The van der Waals surface area contributed by atoms with Gasteiger partial charge < -0.3 is 15.2 Å². The number of amides is 2. The lowest BCUT2D eigenvalue weighted by Crippen LogP contribution is -2.43. The number of carbonyl (C=O) groups is 2. The fraction of sp³-hybridized carbons (Fsp3) is 0.214. The maximum atomic E-state index is 12.7. The van der Waals surface area contributed by atoms with Crippen LogP contribution in [0.15, 0.2) is 85.1 Å². The number of hydrogen-bond donors (Lipinski definition) is 2. The van der Waals surface area contributed by atoms with E-state index in [0.29, 0.717) is 24.6 Å². The van der Waals surface area contributed by atoms with Gasteiger partial charge in [-0.3, -0.25) is 9.59 Å². The molecule has 2 N–H and O–H groups in total. The summed E-state index contributed by atoms with van der Waals surface area (Å²) in [5, 5.41) is 4.05. The molecule has 1 aliphatic heterocycles. The van der Waals surface area contributed by atoms with Crippen LogP contribution in [0.1, 0.15) is 34.7 Å². The molecule has 0 unspecified atom stereocenters. The van der Waals surface area contributed by atoms with Gasteiger partial charge >= 0.3 is 0 Å². The molecule has 0 aliphatic carbocycles. The van der Waals surface area contributed by atoms with Crippen LogP contribution in [0.2, 0.25) is 0 Å². The van der Waals surface area contributed by atoms with E-state index in [9.17, 15) is 9.59 Å². The summed E-state index contributed by atoms with van der Waals surface area (Å²) in [6.45, 7) is 1.45. The monoisotopic (exact) mass is 437 g/mol. The number of para-hydroxylation sites is 1. The van der Waals surface area contributed by atoms with Crippen molar-refractivity contribution in [1.82, 2.24) is 15.2 Å². The van der Waals surface area contributed by atoms with Crippen LogP contribution >= 0.6 is 0 Å². The van der Waals surface area contributed by atoms with Crippen molar-refractivity contribution in [3.8, 4) is 11.1 Å². The number of nitrogens with one attached hydrogen (secondary N) is 2. The first-order valence-electron chi connectivity index (χ1n) is 11.5. The Balaban J connectivity index is 1.13. The van der Waals surface area contributed by atoms with E-state index in [4.69, 9.17) is 0 Å². The lowest BCUT2D eigenvalue weighted by Gasteiger charge is -2.32. The third-order valence-corrected chi connectivity index (χ3v) is 6.56. The van der Waals surface area contributed by atoms with E-state index >= 15 is 0 Å². The van der Waals surface area contributed by atoms with E-state index in [0.717, 1.165) is 29.5 Å². The SMILES string of the molecule is O=C(NCC(=O)N1CCC(c2c[nH]c3ccccc23)CC1)c1ccc(-c2ccccc2)cc1. The Morgan fingerprint density at radius 2 is 1.52 bits per heavy atom. The van der Waals surface area contributed by atoms with E-state index in [1.54, 1.807) is 12.1 Å². The second-order valence-corrected chi connectivity index (χ2v) is 8.57. The van der Waals surface area contributed by atoms with Crippen LogP contribution in [0.4, 0.5) is 0 Å². The summed E-state index contributed by atoms with van der Waals surface area (Å²) >= 11 is 0. The van der Waals surface area contributed by atoms with E-state index in [1.165, 1.54) is 10.9 Å². The molecule has 0 radical (unpaired) electrons. The molecule has 1 aliphatic rings. The highest BCUT2D eigenvalue weighted by Gasteiger charge is 2.25. The number of aromatic amines is 1. The summed E-state index contributed by atoms with van der Waals surface area (Å²) in [5.41, 5.74) is 5.22. The topological polar surface area (TPSA) is 65.2 Å². The largest absolute Gasteiger partial charge is 0.361 e. The van der Waals surface area contributed by atoms with Gasteiger partial charge in [-0.25, -0.2) is 0 Å². The van der Waals surface area contributed by atoms with E-state index < -0.39 is 0 Å². The highest BCUT2D eigenvalue weighted by molar-refractivity contribution is 5.96.